The van der Waals surface area contributed by atoms with Crippen molar-refractivity contribution in [3.8, 4) is 5.75 Å². The summed E-state index contributed by atoms with van der Waals surface area (Å²) in [5.74, 6) is 0.331. The van der Waals surface area contributed by atoms with Gasteiger partial charge in [0.1, 0.15) is 5.75 Å². The maximum atomic E-state index is 11.9. The third-order valence-corrected chi connectivity index (χ3v) is 4.19. The number of hydrazone groups is 1. The van der Waals surface area contributed by atoms with E-state index >= 15 is 0 Å². The van der Waals surface area contributed by atoms with Crippen LogP contribution < -0.4 is 10.2 Å². The second kappa shape index (κ2) is 8.11. The third-order valence-electron chi connectivity index (χ3n) is 3.57. The van der Waals surface area contributed by atoms with Gasteiger partial charge in [0, 0.05) is 5.56 Å². The Morgan fingerprint density at radius 3 is 2.46 bits per heavy atom. The molecular formula is C19H21BrN2O2. The van der Waals surface area contributed by atoms with E-state index in [0.29, 0.717) is 5.75 Å². The van der Waals surface area contributed by atoms with Crippen LogP contribution in [0.2, 0.25) is 0 Å². The summed E-state index contributed by atoms with van der Waals surface area (Å²) in [5.41, 5.74) is 7.76. The summed E-state index contributed by atoms with van der Waals surface area (Å²) in [6.07, 6.45) is 0. The van der Waals surface area contributed by atoms with Crippen molar-refractivity contribution in [3.05, 3.63) is 63.1 Å². The first kappa shape index (κ1) is 18.2. The van der Waals surface area contributed by atoms with Crippen LogP contribution in [0.4, 0.5) is 0 Å². The first-order valence-electron chi connectivity index (χ1n) is 7.66. The molecule has 5 heteroatoms. The van der Waals surface area contributed by atoms with Gasteiger partial charge in [-0.1, -0.05) is 29.8 Å². The predicted molar refractivity (Wildman–Crippen MR) is 101 cm³/mol. The van der Waals surface area contributed by atoms with E-state index in [1.54, 1.807) is 0 Å². The summed E-state index contributed by atoms with van der Waals surface area (Å²) in [5, 5.41) is 4.16. The topological polar surface area (TPSA) is 50.7 Å². The van der Waals surface area contributed by atoms with Crippen molar-refractivity contribution in [1.29, 1.82) is 0 Å². The average molecular weight is 389 g/mol. The van der Waals surface area contributed by atoms with Crippen LogP contribution in [0, 0.1) is 20.8 Å². The molecule has 0 saturated carbocycles. The molecule has 24 heavy (non-hydrogen) atoms. The van der Waals surface area contributed by atoms with Gasteiger partial charge in [0.2, 0.25) is 0 Å². The molecule has 4 nitrogen and oxygen atoms in total. The van der Waals surface area contributed by atoms with Gasteiger partial charge in [-0.15, -0.1) is 0 Å². The number of hydrogen-bond acceptors (Lipinski definition) is 3. The molecule has 2 aromatic carbocycles. The van der Waals surface area contributed by atoms with Crippen molar-refractivity contribution >= 4 is 27.5 Å². The quantitative estimate of drug-likeness (QED) is 0.613. The lowest BCUT2D eigenvalue weighted by Gasteiger charge is -2.09. The molecule has 126 valence electrons. The Hall–Kier alpha value is -2.14. The number of aryl methyl sites for hydroxylation is 3. The standard InChI is InChI=1S/C19H21BrN2O2/c1-12-5-7-16(14(3)9-12)15(4)21-22-19(23)11-24-18-8-6-13(2)10-17(18)20/h5-10H,11H2,1-4H3,(H,22,23)/b21-15-. The Bertz CT molecular complexity index is 785. The summed E-state index contributed by atoms with van der Waals surface area (Å²) in [7, 11) is 0. The van der Waals surface area contributed by atoms with Gasteiger partial charge >= 0.3 is 0 Å². The number of amides is 1. The molecule has 0 saturated heterocycles. The molecule has 0 radical (unpaired) electrons. The minimum absolute atomic E-state index is 0.0919. The largest absolute Gasteiger partial charge is 0.483 e. The van der Waals surface area contributed by atoms with E-state index in [2.05, 4.69) is 32.5 Å². The molecule has 0 aliphatic heterocycles. The molecule has 2 rings (SSSR count). The highest BCUT2D eigenvalue weighted by Crippen LogP contribution is 2.25. The van der Waals surface area contributed by atoms with Gasteiger partial charge in [0.25, 0.3) is 5.91 Å². The number of hydrogen-bond donors (Lipinski definition) is 1. The molecule has 0 heterocycles. The highest BCUT2D eigenvalue weighted by Gasteiger charge is 2.07. The summed E-state index contributed by atoms with van der Waals surface area (Å²) in [6.45, 7) is 7.85. The van der Waals surface area contributed by atoms with E-state index in [-0.39, 0.29) is 12.5 Å². The van der Waals surface area contributed by atoms with Gasteiger partial charge in [-0.25, -0.2) is 5.43 Å². The first-order chi connectivity index (χ1) is 11.4. The Morgan fingerprint density at radius 2 is 1.79 bits per heavy atom. The first-order valence-corrected chi connectivity index (χ1v) is 8.46. The second-order valence-corrected chi connectivity index (χ2v) is 6.63. The maximum Gasteiger partial charge on any atom is 0.277 e. The normalized spacial score (nSPS) is 11.3. The molecule has 0 aliphatic rings. The molecule has 0 fully saturated rings. The zero-order valence-corrected chi connectivity index (χ0v) is 15.9. The molecule has 0 atom stereocenters. The molecule has 1 N–H and O–H groups in total. The van der Waals surface area contributed by atoms with Gasteiger partial charge in [0.05, 0.1) is 10.2 Å². The minimum Gasteiger partial charge on any atom is -0.483 e. The van der Waals surface area contributed by atoms with Crippen molar-refractivity contribution in [1.82, 2.24) is 5.43 Å². The van der Waals surface area contributed by atoms with E-state index in [1.807, 2.05) is 58.0 Å². The number of halogens is 1. The minimum atomic E-state index is -0.299. The van der Waals surface area contributed by atoms with Crippen LogP contribution in [0.3, 0.4) is 0 Å². The molecule has 0 spiro atoms. The number of benzene rings is 2. The van der Waals surface area contributed by atoms with Gasteiger partial charge in [-0.2, -0.15) is 5.10 Å². The van der Waals surface area contributed by atoms with Crippen LogP contribution in [0.5, 0.6) is 5.75 Å². The van der Waals surface area contributed by atoms with Gasteiger partial charge in [-0.05, 0) is 66.9 Å². The number of nitrogens with zero attached hydrogens (tertiary/aromatic N) is 1. The zero-order chi connectivity index (χ0) is 17.7. The highest BCUT2D eigenvalue weighted by molar-refractivity contribution is 9.10. The van der Waals surface area contributed by atoms with Crippen LogP contribution >= 0.6 is 15.9 Å². The van der Waals surface area contributed by atoms with E-state index in [1.165, 1.54) is 5.56 Å². The fourth-order valence-electron chi connectivity index (χ4n) is 2.32. The van der Waals surface area contributed by atoms with E-state index in [9.17, 15) is 4.79 Å². The van der Waals surface area contributed by atoms with Gasteiger partial charge in [0.15, 0.2) is 6.61 Å². The van der Waals surface area contributed by atoms with Crippen LogP contribution in [0.25, 0.3) is 0 Å². The monoisotopic (exact) mass is 388 g/mol. The van der Waals surface area contributed by atoms with Gasteiger partial charge in [-0.3, -0.25) is 4.79 Å². The van der Waals surface area contributed by atoms with E-state index in [0.717, 1.165) is 26.9 Å². The summed E-state index contributed by atoms with van der Waals surface area (Å²) >= 11 is 3.42. The number of carbonyl (C=O) groups excluding carboxylic acids is 1. The Kier molecular flexibility index (Phi) is 6.15. The van der Waals surface area contributed by atoms with Crippen molar-refractivity contribution in [2.24, 2.45) is 5.10 Å². The fraction of sp³-hybridized carbons (Fsp3) is 0.263. The lowest BCUT2D eigenvalue weighted by Crippen LogP contribution is -2.25. The summed E-state index contributed by atoms with van der Waals surface area (Å²) < 4.78 is 6.33. The van der Waals surface area contributed by atoms with Crippen LogP contribution in [0.15, 0.2) is 46.0 Å². The number of ether oxygens (including phenoxy) is 1. The van der Waals surface area contributed by atoms with Gasteiger partial charge < -0.3 is 4.74 Å². The highest BCUT2D eigenvalue weighted by atomic mass is 79.9. The molecule has 0 aliphatic carbocycles. The van der Waals surface area contributed by atoms with Crippen molar-refractivity contribution in [3.63, 3.8) is 0 Å². The Labute approximate surface area is 151 Å². The third kappa shape index (κ3) is 4.93. The SMILES string of the molecule is C/C(=N/NC(=O)COc1ccc(C)cc1Br)c1ccc(C)cc1C. The molecular weight excluding hydrogens is 368 g/mol. The zero-order valence-electron chi connectivity index (χ0n) is 14.3. The van der Waals surface area contributed by atoms with Crippen LogP contribution in [0.1, 0.15) is 29.2 Å². The van der Waals surface area contributed by atoms with Crippen molar-refractivity contribution in [2.75, 3.05) is 6.61 Å². The Balaban J connectivity index is 1.94. The summed E-state index contributed by atoms with van der Waals surface area (Å²) in [6, 6.07) is 11.8. The maximum absolute atomic E-state index is 11.9. The number of nitrogens with one attached hydrogen (secondary N) is 1. The predicted octanol–water partition coefficient (Wildman–Crippen LogP) is 4.29. The molecule has 2 aromatic rings. The molecule has 1 amide bonds. The smallest absolute Gasteiger partial charge is 0.277 e. The van der Waals surface area contributed by atoms with Crippen molar-refractivity contribution in [2.45, 2.75) is 27.7 Å². The van der Waals surface area contributed by atoms with Crippen LogP contribution in [-0.2, 0) is 4.79 Å². The average Bonchev–Trinajstić information content (AvgIpc) is 2.51. The lowest BCUT2D eigenvalue weighted by atomic mass is 10.0. The molecule has 0 aromatic heterocycles. The fourth-order valence-corrected chi connectivity index (χ4v) is 2.93. The van der Waals surface area contributed by atoms with Crippen LogP contribution in [-0.4, -0.2) is 18.2 Å². The van der Waals surface area contributed by atoms with E-state index < -0.39 is 0 Å². The number of rotatable bonds is 5. The Morgan fingerprint density at radius 1 is 1.12 bits per heavy atom. The summed E-state index contributed by atoms with van der Waals surface area (Å²) in [4.78, 5) is 11.9. The second-order valence-electron chi connectivity index (χ2n) is 5.77. The van der Waals surface area contributed by atoms with E-state index in [4.69, 9.17) is 4.74 Å². The molecule has 0 bridgehead atoms. The molecule has 0 unspecified atom stereocenters. The number of carbonyl (C=O) groups is 1. The lowest BCUT2D eigenvalue weighted by molar-refractivity contribution is -0.123. The van der Waals surface area contributed by atoms with Crippen molar-refractivity contribution < 1.29 is 9.53 Å².